The maximum Gasteiger partial charge on any atom is 0.416 e. The van der Waals surface area contributed by atoms with Crippen LogP contribution >= 0.6 is 0 Å². The van der Waals surface area contributed by atoms with Crippen LogP contribution in [0.3, 0.4) is 0 Å². The predicted molar refractivity (Wildman–Crippen MR) is 90.8 cm³/mol. The first-order valence-electron chi connectivity index (χ1n) is 7.76. The second-order valence-corrected chi connectivity index (χ2v) is 5.76. The molecule has 1 atom stereocenters. The van der Waals surface area contributed by atoms with Crippen molar-refractivity contribution in [1.29, 1.82) is 0 Å². The minimum Gasteiger partial charge on any atom is -0.491 e. The summed E-state index contributed by atoms with van der Waals surface area (Å²) in [5.74, 6) is -0.157. The highest BCUT2D eigenvalue weighted by Gasteiger charge is 2.30. The fraction of sp³-hybridized carbons (Fsp3) is 0.278. The quantitative estimate of drug-likeness (QED) is 0.769. The Kier molecular flexibility index (Phi) is 6.10. The van der Waals surface area contributed by atoms with Gasteiger partial charge >= 0.3 is 6.18 Å². The van der Waals surface area contributed by atoms with E-state index in [9.17, 15) is 23.1 Å². The second kappa shape index (κ2) is 8.09. The summed E-state index contributed by atoms with van der Waals surface area (Å²) in [6.07, 6.45) is -5.43. The van der Waals surface area contributed by atoms with Gasteiger partial charge in [-0.15, -0.1) is 0 Å². The number of anilines is 1. The molecule has 0 bridgehead atoms. The van der Waals surface area contributed by atoms with Crippen LogP contribution < -0.4 is 10.5 Å². The molecule has 5 nitrogen and oxygen atoms in total. The summed E-state index contributed by atoms with van der Waals surface area (Å²) in [5.41, 5.74) is 5.63. The summed E-state index contributed by atoms with van der Waals surface area (Å²) in [7, 11) is 1.51. The van der Waals surface area contributed by atoms with Crippen molar-refractivity contribution < 1.29 is 27.8 Å². The topological polar surface area (TPSA) is 75.8 Å². The van der Waals surface area contributed by atoms with Crippen molar-refractivity contribution in [3.63, 3.8) is 0 Å². The number of alkyl halides is 3. The Bertz CT molecular complexity index is 748. The number of nitrogens with two attached hydrogens (primary N) is 1. The van der Waals surface area contributed by atoms with E-state index in [0.717, 1.165) is 12.1 Å². The SMILES string of the molecule is CN(CC(O)COc1ccc(C(F)(F)F)cc1)C(=O)c1ccccc1N. The summed E-state index contributed by atoms with van der Waals surface area (Å²) < 4.78 is 42.7. The lowest BCUT2D eigenvalue weighted by molar-refractivity contribution is -0.137. The summed E-state index contributed by atoms with van der Waals surface area (Å²) >= 11 is 0. The van der Waals surface area contributed by atoms with Crippen molar-refractivity contribution >= 4 is 11.6 Å². The average molecular weight is 368 g/mol. The van der Waals surface area contributed by atoms with Gasteiger partial charge in [-0.1, -0.05) is 12.1 Å². The molecule has 2 aromatic carbocycles. The number of carbonyl (C=O) groups is 1. The lowest BCUT2D eigenvalue weighted by Gasteiger charge is -2.22. The van der Waals surface area contributed by atoms with Crippen LogP contribution in [0.1, 0.15) is 15.9 Å². The zero-order valence-corrected chi connectivity index (χ0v) is 14.0. The standard InChI is InChI=1S/C18H19F3N2O3/c1-23(17(25)15-4-2-3-5-16(15)22)10-13(24)11-26-14-8-6-12(7-9-14)18(19,20)21/h2-9,13,24H,10-11,22H2,1H3. The van der Waals surface area contributed by atoms with E-state index >= 15 is 0 Å². The van der Waals surface area contributed by atoms with Crippen molar-refractivity contribution in [1.82, 2.24) is 4.90 Å². The third kappa shape index (κ3) is 5.13. The van der Waals surface area contributed by atoms with Crippen LogP contribution in [0.4, 0.5) is 18.9 Å². The van der Waals surface area contributed by atoms with Gasteiger partial charge in [0.25, 0.3) is 5.91 Å². The molecule has 26 heavy (non-hydrogen) atoms. The van der Waals surface area contributed by atoms with Crippen LogP contribution in [-0.4, -0.2) is 42.2 Å². The Labute approximate surface area is 148 Å². The molecule has 0 fully saturated rings. The number of likely N-dealkylation sites (N-methyl/N-ethyl adjacent to an activating group) is 1. The number of rotatable bonds is 6. The van der Waals surface area contributed by atoms with Crippen molar-refractivity contribution in [2.45, 2.75) is 12.3 Å². The van der Waals surface area contributed by atoms with E-state index in [2.05, 4.69) is 0 Å². The van der Waals surface area contributed by atoms with Crippen LogP contribution in [0, 0.1) is 0 Å². The van der Waals surface area contributed by atoms with Gasteiger partial charge in [-0.2, -0.15) is 13.2 Å². The molecule has 0 aliphatic heterocycles. The normalized spacial score (nSPS) is 12.5. The van der Waals surface area contributed by atoms with Gasteiger partial charge in [0.1, 0.15) is 18.5 Å². The molecule has 0 spiro atoms. The summed E-state index contributed by atoms with van der Waals surface area (Å²) in [6, 6.07) is 10.7. The monoisotopic (exact) mass is 368 g/mol. The number of ether oxygens (including phenoxy) is 1. The third-order valence-corrected chi connectivity index (χ3v) is 3.65. The Morgan fingerprint density at radius 3 is 2.38 bits per heavy atom. The van der Waals surface area contributed by atoms with E-state index in [4.69, 9.17) is 10.5 Å². The Balaban J connectivity index is 1.87. The molecule has 0 aliphatic rings. The van der Waals surface area contributed by atoms with Gasteiger partial charge in [-0.25, -0.2) is 0 Å². The van der Waals surface area contributed by atoms with Crippen molar-refractivity contribution in [2.75, 3.05) is 25.9 Å². The zero-order chi connectivity index (χ0) is 19.3. The number of benzene rings is 2. The van der Waals surface area contributed by atoms with Gasteiger partial charge in [0.15, 0.2) is 0 Å². The fourth-order valence-corrected chi connectivity index (χ4v) is 2.28. The number of hydrogen-bond donors (Lipinski definition) is 2. The van der Waals surface area contributed by atoms with Gasteiger partial charge < -0.3 is 20.5 Å². The second-order valence-electron chi connectivity index (χ2n) is 5.76. The lowest BCUT2D eigenvalue weighted by Crippen LogP contribution is -2.37. The first kappa shape index (κ1) is 19.6. The maximum absolute atomic E-state index is 12.5. The highest BCUT2D eigenvalue weighted by molar-refractivity contribution is 5.98. The van der Waals surface area contributed by atoms with Gasteiger partial charge in [-0.05, 0) is 36.4 Å². The molecule has 1 unspecified atom stereocenters. The summed E-state index contributed by atoms with van der Waals surface area (Å²) in [6.45, 7) is -0.193. The predicted octanol–water partition coefficient (Wildman–Crippen LogP) is 2.80. The highest BCUT2D eigenvalue weighted by Crippen LogP contribution is 2.30. The average Bonchev–Trinajstić information content (AvgIpc) is 2.59. The molecule has 2 rings (SSSR count). The fourth-order valence-electron chi connectivity index (χ4n) is 2.28. The Morgan fingerprint density at radius 1 is 1.19 bits per heavy atom. The lowest BCUT2D eigenvalue weighted by atomic mass is 10.1. The van der Waals surface area contributed by atoms with Gasteiger partial charge in [0, 0.05) is 19.3 Å². The summed E-state index contributed by atoms with van der Waals surface area (Å²) in [5, 5.41) is 10.00. The van der Waals surface area contributed by atoms with E-state index in [1.807, 2.05) is 0 Å². The number of nitrogens with zero attached hydrogens (tertiary/aromatic N) is 1. The van der Waals surface area contributed by atoms with Gasteiger partial charge in [0.2, 0.25) is 0 Å². The molecule has 0 saturated carbocycles. The number of carbonyl (C=O) groups excluding carboxylic acids is 1. The molecule has 2 aromatic rings. The van der Waals surface area contributed by atoms with E-state index < -0.39 is 17.8 Å². The molecular formula is C18H19F3N2O3. The molecule has 1 amide bonds. The number of para-hydroxylation sites is 1. The molecule has 0 radical (unpaired) electrons. The van der Waals surface area contributed by atoms with E-state index in [-0.39, 0.29) is 24.8 Å². The van der Waals surface area contributed by atoms with E-state index in [0.29, 0.717) is 11.3 Å². The molecule has 0 aromatic heterocycles. The smallest absolute Gasteiger partial charge is 0.416 e. The number of amides is 1. The van der Waals surface area contributed by atoms with Crippen molar-refractivity contribution in [2.24, 2.45) is 0 Å². The van der Waals surface area contributed by atoms with Crippen molar-refractivity contribution in [3.05, 3.63) is 59.7 Å². The first-order valence-corrected chi connectivity index (χ1v) is 7.76. The maximum atomic E-state index is 12.5. The van der Waals surface area contributed by atoms with Gasteiger partial charge in [-0.3, -0.25) is 4.79 Å². The number of nitrogen functional groups attached to an aromatic ring is 1. The molecule has 8 heteroatoms. The molecule has 140 valence electrons. The van der Waals surface area contributed by atoms with Gasteiger partial charge in [0.05, 0.1) is 11.1 Å². The van der Waals surface area contributed by atoms with Crippen LogP contribution in [-0.2, 0) is 6.18 Å². The molecule has 0 aliphatic carbocycles. The first-order chi connectivity index (χ1) is 12.2. The Morgan fingerprint density at radius 2 is 1.81 bits per heavy atom. The molecule has 0 heterocycles. The number of aliphatic hydroxyl groups excluding tert-OH is 1. The molecule has 0 saturated heterocycles. The van der Waals surface area contributed by atoms with Crippen LogP contribution in [0.25, 0.3) is 0 Å². The minimum atomic E-state index is -4.42. The molecular weight excluding hydrogens is 349 g/mol. The van der Waals surface area contributed by atoms with Crippen LogP contribution in [0.15, 0.2) is 48.5 Å². The zero-order valence-electron chi connectivity index (χ0n) is 14.0. The number of aliphatic hydroxyl groups is 1. The van der Waals surface area contributed by atoms with Crippen molar-refractivity contribution in [3.8, 4) is 5.75 Å². The minimum absolute atomic E-state index is 0.0200. The van der Waals surface area contributed by atoms with E-state index in [1.54, 1.807) is 24.3 Å². The van der Waals surface area contributed by atoms with E-state index in [1.165, 1.54) is 24.1 Å². The highest BCUT2D eigenvalue weighted by atomic mass is 19.4. The molecule has 3 N–H and O–H groups in total. The number of hydrogen-bond acceptors (Lipinski definition) is 4. The largest absolute Gasteiger partial charge is 0.491 e. The van der Waals surface area contributed by atoms with Crippen LogP contribution in [0.5, 0.6) is 5.75 Å². The summed E-state index contributed by atoms with van der Waals surface area (Å²) in [4.78, 5) is 13.6. The Hall–Kier alpha value is -2.74. The van der Waals surface area contributed by atoms with Crippen LogP contribution in [0.2, 0.25) is 0 Å². The number of halogens is 3. The third-order valence-electron chi connectivity index (χ3n) is 3.65.